The summed E-state index contributed by atoms with van der Waals surface area (Å²) in [6, 6.07) is 11.8. The minimum Gasteiger partial charge on any atom is -0.468 e. The van der Waals surface area contributed by atoms with Crippen LogP contribution < -0.4 is 20.7 Å². The number of esters is 1. The Morgan fingerprint density at radius 1 is 1.19 bits per heavy atom. The highest BCUT2D eigenvalue weighted by Crippen LogP contribution is 2.36. The molecule has 0 aliphatic carbocycles. The van der Waals surface area contributed by atoms with Crippen LogP contribution in [0.5, 0.6) is 11.5 Å². The Labute approximate surface area is 181 Å². The van der Waals surface area contributed by atoms with Gasteiger partial charge in [0, 0.05) is 16.6 Å². The van der Waals surface area contributed by atoms with Gasteiger partial charge in [-0.25, -0.2) is 4.98 Å². The van der Waals surface area contributed by atoms with Gasteiger partial charge in [0.15, 0.2) is 10.9 Å². The van der Waals surface area contributed by atoms with E-state index in [-0.39, 0.29) is 24.9 Å². The normalized spacial score (nSPS) is 11.8. The largest absolute Gasteiger partial charge is 0.468 e. The second kappa shape index (κ2) is 8.84. The van der Waals surface area contributed by atoms with E-state index in [0.29, 0.717) is 33.4 Å². The summed E-state index contributed by atoms with van der Waals surface area (Å²) in [5.41, 5.74) is 1.22. The summed E-state index contributed by atoms with van der Waals surface area (Å²) < 4.78 is 10.4. The molecule has 1 aliphatic heterocycles. The molecule has 0 saturated heterocycles. The van der Waals surface area contributed by atoms with Crippen molar-refractivity contribution >= 4 is 39.9 Å². The van der Waals surface area contributed by atoms with E-state index < -0.39 is 5.97 Å². The van der Waals surface area contributed by atoms with Crippen molar-refractivity contribution < 1.29 is 23.9 Å². The van der Waals surface area contributed by atoms with E-state index >= 15 is 0 Å². The van der Waals surface area contributed by atoms with Crippen LogP contribution in [0.1, 0.15) is 25.6 Å². The Bertz CT molecular complexity index is 1160. The molecule has 1 aromatic heterocycles. The number of benzene rings is 2. The molecule has 9 nitrogen and oxygen atoms in total. The zero-order valence-electron chi connectivity index (χ0n) is 16.4. The number of hydrogen-bond acceptors (Lipinski definition) is 8. The standard InChI is InChI=1S/C21H18N4O5S/c1-29-18(26)11-24-21-23-10-13(31-21)9-22-19(27)12-6-7-17-15(8-12)25-20(28)14-4-2-3-5-16(14)30-17/h2-8,10H,9,11H2,1H3,(H,22,27)(H,23,24)(H,25,28). The minimum absolute atomic E-state index is 0.0165. The lowest BCUT2D eigenvalue weighted by Crippen LogP contribution is -2.22. The first-order valence-corrected chi connectivity index (χ1v) is 10.1. The fourth-order valence-corrected chi connectivity index (χ4v) is 3.62. The fraction of sp³-hybridized carbons (Fsp3) is 0.143. The van der Waals surface area contributed by atoms with Crippen LogP contribution in [0.15, 0.2) is 48.7 Å². The molecule has 3 aromatic rings. The van der Waals surface area contributed by atoms with E-state index in [1.807, 2.05) is 0 Å². The Balaban J connectivity index is 1.40. The summed E-state index contributed by atoms with van der Waals surface area (Å²) in [5, 5.41) is 9.00. The van der Waals surface area contributed by atoms with Crippen molar-refractivity contribution in [1.82, 2.24) is 10.3 Å². The molecule has 0 fully saturated rings. The van der Waals surface area contributed by atoms with Crippen LogP contribution in [0.4, 0.5) is 10.8 Å². The van der Waals surface area contributed by atoms with E-state index in [1.54, 1.807) is 48.7 Å². The second-order valence-electron chi connectivity index (χ2n) is 6.51. The zero-order valence-corrected chi connectivity index (χ0v) is 17.2. The number of nitrogens with one attached hydrogen (secondary N) is 3. The summed E-state index contributed by atoms with van der Waals surface area (Å²) in [5.74, 6) is -0.0938. The lowest BCUT2D eigenvalue weighted by atomic mass is 10.1. The van der Waals surface area contributed by atoms with Gasteiger partial charge < -0.3 is 25.4 Å². The molecule has 1 aliphatic rings. The third-order valence-electron chi connectivity index (χ3n) is 4.43. The van der Waals surface area contributed by atoms with E-state index in [0.717, 1.165) is 4.88 Å². The predicted molar refractivity (Wildman–Crippen MR) is 115 cm³/mol. The summed E-state index contributed by atoms with van der Waals surface area (Å²) in [6.07, 6.45) is 1.62. The predicted octanol–water partition coefficient (Wildman–Crippen LogP) is 3.02. The maximum Gasteiger partial charge on any atom is 0.325 e. The lowest BCUT2D eigenvalue weighted by Gasteiger charge is -2.10. The van der Waals surface area contributed by atoms with Crippen LogP contribution in [-0.2, 0) is 16.1 Å². The number of anilines is 2. The number of hydrogen-bond donors (Lipinski definition) is 3. The molecule has 0 bridgehead atoms. The van der Waals surface area contributed by atoms with Crippen LogP contribution in [-0.4, -0.2) is 36.4 Å². The third kappa shape index (κ3) is 4.64. The highest BCUT2D eigenvalue weighted by Gasteiger charge is 2.21. The number of fused-ring (bicyclic) bond motifs is 2. The molecule has 0 spiro atoms. The first-order valence-electron chi connectivity index (χ1n) is 9.29. The third-order valence-corrected chi connectivity index (χ3v) is 5.38. The smallest absolute Gasteiger partial charge is 0.325 e. The van der Waals surface area contributed by atoms with Crippen LogP contribution in [0, 0.1) is 0 Å². The van der Waals surface area contributed by atoms with Gasteiger partial charge in [0.2, 0.25) is 0 Å². The van der Waals surface area contributed by atoms with Gasteiger partial charge in [-0.3, -0.25) is 14.4 Å². The number of nitrogens with zero attached hydrogens (tertiary/aromatic N) is 1. The molecule has 4 rings (SSSR count). The zero-order chi connectivity index (χ0) is 21.8. The Morgan fingerprint density at radius 2 is 2.03 bits per heavy atom. The number of methoxy groups -OCH3 is 1. The Morgan fingerprint density at radius 3 is 2.87 bits per heavy atom. The molecular formula is C21H18N4O5S. The quantitative estimate of drug-likeness (QED) is 0.506. The van der Waals surface area contributed by atoms with Gasteiger partial charge in [-0.15, -0.1) is 11.3 Å². The molecule has 3 N–H and O–H groups in total. The van der Waals surface area contributed by atoms with Crippen LogP contribution >= 0.6 is 11.3 Å². The van der Waals surface area contributed by atoms with Crippen molar-refractivity contribution in [3.8, 4) is 11.5 Å². The summed E-state index contributed by atoms with van der Waals surface area (Å²) in [7, 11) is 1.31. The number of ether oxygens (including phenoxy) is 2. The summed E-state index contributed by atoms with van der Waals surface area (Å²) in [4.78, 5) is 41.2. The molecule has 0 unspecified atom stereocenters. The molecule has 158 valence electrons. The van der Waals surface area contributed by atoms with Gasteiger partial charge in [-0.1, -0.05) is 12.1 Å². The van der Waals surface area contributed by atoms with Crippen molar-refractivity contribution in [3.63, 3.8) is 0 Å². The Kier molecular flexibility index (Phi) is 5.80. The monoisotopic (exact) mass is 438 g/mol. The van der Waals surface area contributed by atoms with E-state index in [1.165, 1.54) is 18.4 Å². The SMILES string of the molecule is COC(=O)CNc1ncc(CNC(=O)c2ccc3c(c2)NC(=O)c2ccccc2O3)s1. The molecule has 0 saturated carbocycles. The maximum atomic E-state index is 12.6. The van der Waals surface area contributed by atoms with Crippen LogP contribution in [0.2, 0.25) is 0 Å². The van der Waals surface area contributed by atoms with E-state index in [9.17, 15) is 14.4 Å². The first-order chi connectivity index (χ1) is 15.0. The van der Waals surface area contributed by atoms with Crippen molar-refractivity contribution in [3.05, 3.63) is 64.7 Å². The minimum atomic E-state index is -0.396. The molecule has 2 aromatic carbocycles. The highest BCUT2D eigenvalue weighted by atomic mass is 32.1. The lowest BCUT2D eigenvalue weighted by molar-refractivity contribution is -0.138. The number of carbonyl (C=O) groups is 3. The average Bonchev–Trinajstić information content (AvgIpc) is 3.19. The number of carbonyl (C=O) groups excluding carboxylic acids is 3. The van der Waals surface area contributed by atoms with Gasteiger partial charge in [-0.2, -0.15) is 0 Å². The number of amides is 2. The van der Waals surface area contributed by atoms with E-state index in [4.69, 9.17) is 4.74 Å². The van der Waals surface area contributed by atoms with Crippen molar-refractivity contribution in [2.45, 2.75) is 6.54 Å². The van der Waals surface area contributed by atoms with Gasteiger partial charge >= 0.3 is 5.97 Å². The van der Waals surface area contributed by atoms with Crippen molar-refractivity contribution in [2.75, 3.05) is 24.3 Å². The molecule has 31 heavy (non-hydrogen) atoms. The summed E-state index contributed by atoms with van der Waals surface area (Å²) >= 11 is 1.32. The molecule has 0 atom stereocenters. The van der Waals surface area contributed by atoms with Crippen LogP contribution in [0.25, 0.3) is 0 Å². The number of rotatable bonds is 6. The highest BCUT2D eigenvalue weighted by molar-refractivity contribution is 7.15. The second-order valence-corrected chi connectivity index (χ2v) is 7.62. The molecule has 10 heteroatoms. The summed E-state index contributed by atoms with van der Waals surface area (Å²) in [6.45, 7) is 0.282. The molecule has 2 heterocycles. The maximum absolute atomic E-state index is 12.6. The van der Waals surface area contributed by atoms with Crippen LogP contribution in [0.3, 0.4) is 0 Å². The van der Waals surface area contributed by atoms with Crippen molar-refractivity contribution in [2.24, 2.45) is 0 Å². The first kappa shape index (κ1) is 20.4. The number of thiazole rings is 1. The van der Waals surface area contributed by atoms with Gasteiger partial charge in [0.05, 0.1) is 24.9 Å². The topological polar surface area (TPSA) is 119 Å². The molecule has 0 radical (unpaired) electrons. The van der Waals surface area contributed by atoms with Gasteiger partial charge in [-0.05, 0) is 30.3 Å². The number of para-hydroxylation sites is 1. The average molecular weight is 438 g/mol. The van der Waals surface area contributed by atoms with Gasteiger partial charge in [0.25, 0.3) is 11.8 Å². The van der Waals surface area contributed by atoms with Crippen molar-refractivity contribution in [1.29, 1.82) is 0 Å². The Hall–Kier alpha value is -3.92. The molecule has 2 amide bonds. The fourth-order valence-electron chi connectivity index (χ4n) is 2.87. The van der Waals surface area contributed by atoms with Gasteiger partial charge in [0.1, 0.15) is 12.3 Å². The van der Waals surface area contributed by atoms with E-state index in [2.05, 4.69) is 25.7 Å². The number of aromatic nitrogens is 1. The molecular weight excluding hydrogens is 420 g/mol.